The third-order valence-corrected chi connectivity index (χ3v) is 1.12. The molecule has 48 valence electrons. The van der Waals surface area contributed by atoms with Crippen LogP contribution < -0.4 is 5.73 Å². The summed E-state index contributed by atoms with van der Waals surface area (Å²) in [7, 11) is 0. The zero-order valence-corrected chi connectivity index (χ0v) is 5.89. The predicted molar refractivity (Wildman–Crippen MR) is 34.1 cm³/mol. The van der Waals surface area contributed by atoms with Crippen LogP contribution in [0.2, 0.25) is 0 Å². The van der Waals surface area contributed by atoms with Gasteiger partial charge in [0.05, 0.1) is 6.20 Å². The highest BCUT2D eigenvalue weighted by molar-refractivity contribution is 9.10. The van der Waals surface area contributed by atoms with Crippen molar-refractivity contribution in [1.82, 2.24) is 9.97 Å². The first kappa shape index (κ1) is 6.41. The molecule has 0 aliphatic heterocycles. The summed E-state index contributed by atoms with van der Waals surface area (Å²) in [4.78, 5) is 6.97. The lowest BCUT2D eigenvalue weighted by molar-refractivity contribution is 0.618. The minimum atomic E-state index is -0.599. The van der Waals surface area contributed by atoms with Crippen LogP contribution in [0.1, 0.15) is 0 Å². The molecule has 5 heteroatoms. The molecule has 2 N–H and O–H groups in total. The summed E-state index contributed by atoms with van der Waals surface area (Å²) < 4.78 is 12.5. The maximum atomic E-state index is 12.2. The molecule has 0 atom stereocenters. The number of nitrogens with zero attached hydrogens (tertiary/aromatic N) is 2. The second-order valence-corrected chi connectivity index (χ2v) is 2.08. The van der Waals surface area contributed by atoms with Crippen LogP contribution in [0.5, 0.6) is 0 Å². The van der Waals surface area contributed by atoms with Gasteiger partial charge in [0, 0.05) is 0 Å². The van der Waals surface area contributed by atoms with E-state index < -0.39 is 5.82 Å². The summed E-state index contributed by atoms with van der Waals surface area (Å²) in [6.45, 7) is 0. The van der Waals surface area contributed by atoms with E-state index in [1.165, 1.54) is 0 Å². The molecule has 1 aromatic rings. The first-order valence-corrected chi connectivity index (χ1v) is 2.93. The Kier molecular flexibility index (Phi) is 1.61. The van der Waals surface area contributed by atoms with Gasteiger partial charge in [0.15, 0.2) is 16.4 Å². The van der Waals surface area contributed by atoms with E-state index in [-0.39, 0.29) is 5.82 Å². The summed E-state index contributed by atoms with van der Waals surface area (Å²) in [5, 5.41) is 0. The molecule has 0 radical (unpaired) electrons. The molecule has 0 aliphatic rings. The zero-order valence-electron chi connectivity index (χ0n) is 4.31. The van der Waals surface area contributed by atoms with Crippen molar-refractivity contribution >= 4 is 21.7 Å². The van der Waals surface area contributed by atoms with Gasteiger partial charge in [-0.2, -0.15) is 0 Å². The van der Waals surface area contributed by atoms with Crippen molar-refractivity contribution in [3.8, 4) is 0 Å². The van der Waals surface area contributed by atoms with Gasteiger partial charge < -0.3 is 5.73 Å². The van der Waals surface area contributed by atoms with Crippen molar-refractivity contribution in [3.63, 3.8) is 0 Å². The number of rotatable bonds is 0. The average molecular weight is 192 g/mol. The Morgan fingerprint density at radius 2 is 2.33 bits per heavy atom. The van der Waals surface area contributed by atoms with Gasteiger partial charge in [-0.05, 0) is 15.9 Å². The average Bonchev–Trinajstić information content (AvgIpc) is 1.80. The van der Waals surface area contributed by atoms with E-state index in [0.29, 0.717) is 4.73 Å². The van der Waals surface area contributed by atoms with Crippen molar-refractivity contribution in [1.29, 1.82) is 0 Å². The van der Waals surface area contributed by atoms with Crippen LogP contribution >= 0.6 is 15.9 Å². The summed E-state index contributed by atoms with van der Waals surface area (Å²) in [5.41, 5.74) is 5.06. The van der Waals surface area contributed by atoms with Crippen molar-refractivity contribution in [2.45, 2.75) is 0 Å². The van der Waals surface area contributed by atoms with Crippen LogP contribution in [0.4, 0.5) is 10.2 Å². The predicted octanol–water partition coefficient (Wildman–Crippen LogP) is 0.960. The van der Waals surface area contributed by atoms with Gasteiger partial charge in [-0.1, -0.05) is 0 Å². The van der Waals surface area contributed by atoms with Gasteiger partial charge in [-0.15, -0.1) is 0 Å². The first-order valence-electron chi connectivity index (χ1n) is 2.13. The molecule has 0 spiro atoms. The summed E-state index contributed by atoms with van der Waals surface area (Å²) >= 11 is 2.93. The summed E-state index contributed by atoms with van der Waals surface area (Å²) in [6.07, 6.45) is 1.01. The van der Waals surface area contributed by atoms with Crippen LogP contribution in [0.25, 0.3) is 0 Å². The van der Waals surface area contributed by atoms with Crippen LogP contribution in [0, 0.1) is 5.82 Å². The summed E-state index contributed by atoms with van der Waals surface area (Å²) in [6, 6.07) is 0. The quantitative estimate of drug-likeness (QED) is 0.622. The normalized spacial score (nSPS) is 9.56. The number of nitrogen functional groups attached to an aromatic ring is 1. The molecule has 0 aromatic carbocycles. The molecular weight excluding hydrogens is 189 g/mol. The lowest BCUT2D eigenvalue weighted by Gasteiger charge is -1.92. The van der Waals surface area contributed by atoms with E-state index in [9.17, 15) is 4.39 Å². The number of hydrogen-bond donors (Lipinski definition) is 1. The minimum Gasteiger partial charge on any atom is -0.381 e. The Hall–Kier alpha value is -0.710. The topological polar surface area (TPSA) is 51.8 Å². The lowest BCUT2D eigenvalue weighted by atomic mass is 10.6. The zero-order chi connectivity index (χ0) is 6.85. The van der Waals surface area contributed by atoms with E-state index in [0.717, 1.165) is 6.20 Å². The molecule has 1 aromatic heterocycles. The smallest absolute Gasteiger partial charge is 0.198 e. The standard InChI is InChI=1S/C4H3BrFN3/c5-4-8-1-2(6)3(7)9-4/h1H,(H2,7,8,9). The highest BCUT2D eigenvalue weighted by Crippen LogP contribution is 2.07. The van der Waals surface area contributed by atoms with E-state index in [1.54, 1.807) is 0 Å². The largest absolute Gasteiger partial charge is 0.381 e. The van der Waals surface area contributed by atoms with Crippen LogP contribution in [0.15, 0.2) is 10.9 Å². The molecule has 0 fully saturated rings. The molecule has 0 bridgehead atoms. The first-order chi connectivity index (χ1) is 4.20. The number of aromatic nitrogens is 2. The third-order valence-electron chi connectivity index (χ3n) is 0.742. The van der Waals surface area contributed by atoms with Crippen molar-refractivity contribution < 1.29 is 4.39 Å². The van der Waals surface area contributed by atoms with Crippen LogP contribution in [-0.2, 0) is 0 Å². The monoisotopic (exact) mass is 191 g/mol. The fourth-order valence-electron chi connectivity index (χ4n) is 0.358. The van der Waals surface area contributed by atoms with E-state index >= 15 is 0 Å². The summed E-state index contributed by atoms with van der Waals surface area (Å²) in [5.74, 6) is -0.741. The van der Waals surface area contributed by atoms with Gasteiger partial charge in [0.2, 0.25) is 0 Å². The highest BCUT2D eigenvalue weighted by atomic mass is 79.9. The fourth-order valence-corrected chi connectivity index (χ4v) is 0.651. The van der Waals surface area contributed by atoms with Gasteiger partial charge in [-0.25, -0.2) is 14.4 Å². The van der Waals surface area contributed by atoms with Gasteiger partial charge in [0.1, 0.15) is 0 Å². The number of halogens is 2. The number of hydrogen-bond acceptors (Lipinski definition) is 3. The molecule has 9 heavy (non-hydrogen) atoms. The number of nitrogens with two attached hydrogens (primary N) is 1. The van der Waals surface area contributed by atoms with Crippen molar-refractivity contribution in [2.24, 2.45) is 0 Å². The Balaban J connectivity index is 3.17. The lowest BCUT2D eigenvalue weighted by Crippen LogP contribution is -1.96. The van der Waals surface area contributed by atoms with E-state index in [2.05, 4.69) is 25.9 Å². The second kappa shape index (κ2) is 2.26. The van der Waals surface area contributed by atoms with E-state index in [4.69, 9.17) is 5.73 Å². The van der Waals surface area contributed by atoms with E-state index in [1.807, 2.05) is 0 Å². The Labute approximate surface area is 59.2 Å². The molecule has 0 saturated heterocycles. The molecule has 1 heterocycles. The third kappa shape index (κ3) is 1.35. The number of anilines is 1. The molecule has 0 aliphatic carbocycles. The van der Waals surface area contributed by atoms with Gasteiger partial charge in [0.25, 0.3) is 0 Å². The maximum Gasteiger partial charge on any atom is 0.198 e. The maximum absolute atomic E-state index is 12.2. The minimum absolute atomic E-state index is 0.142. The van der Waals surface area contributed by atoms with Crippen molar-refractivity contribution in [3.05, 3.63) is 16.7 Å². The molecule has 0 unspecified atom stereocenters. The van der Waals surface area contributed by atoms with Crippen LogP contribution in [-0.4, -0.2) is 9.97 Å². The SMILES string of the molecule is Nc1nc(Br)ncc1F. The van der Waals surface area contributed by atoms with Gasteiger partial charge in [-0.3, -0.25) is 0 Å². The molecule has 3 nitrogen and oxygen atoms in total. The molecule has 0 saturated carbocycles. The fraction of sp³-hybridized carbons (Fsp3) is 0. The Morgan fingerprint density at radius 1 is 1.67 bits per heavy atom. The molecule has 1 rings (SSSR count). The Morgan fingerprint density at radius 3 is 2.78 bits per heavy atom. The Bertz CT molecular complexity index is 227. The van der Waals surface area contributed by atoms with Crippen molar-refractivity contribution in [2.75, 3.05) is 5.73 Å². The molecular formula is C4H3BrFN3. The van der Waals surface area contributed by atoms with Gasteiger partial charge >= 0.3 is 0 Å². The highest BCUT2D eigenvalue weighted by Gasteiger charge is 1.98. The second-order valence-electron chi connectivity index (χ2n) is 1.37. The molecule has 0 amide bonds. The van der Waals surface area contributed by atoms with Crippen LogP contribution in [0.3, 0.4) is 0 Å².